The Bertz CT molecular complexity index is 887. The van der Waals surface area contributed by atoms with Gasteiger partial charge in [-0.05, 0) is 50.8 Å². The molecule has 2 N–H and O–H groups in total. The van der Waals surface area contributed by atoms with Gasteiger partial charge in [-0.25, -0.2) is 4.98 Å². The summed E-state index contributed by atoms with van der Waals surface area (Å²) in [5, 5.41) is 6.88. The van der Waals surface area contributed by atoms with E-state index in [0.29, 0.717) is 10.8 Å². The minimum absolute atomic E-state index is 0.108. The van der Waals surface area contributed by atoms with Crippen molar-refractivity contribution in [2.45, 2.75) is 59.4 Å². The van der Waals surface area contributed by atoms with Gasteiger partial charge in [-0.2, -0.15) is 0 Å². The van der Waals surface area contributed by atoms with E-state index in [1.807, 2.05) is 32.0 Å². The maximum Gasteiger partial charge on any atom is 0.263 e. The fourth-order valence-electron chi connectivity index (χ4n) is 3.69. The molecule has 1 atom stereocenters. The van der Waals surface area contributed by atoms with E-state index in [2.05, 4.69) is 40.4 Å². The van der Waals surface area contributed by atoms with Crippen LogP contribution in [-0.2, 0) is 11.2 Å². The molecule has 6 nitrogen and oxygen atoms in total. The zero-order chi connectivity index (χ0) is 21.7. The van der Waals surface area contributed by atoms with Crippen LogP contribution in [0.5, 0.6) is 0 Å². The molecule has 0 radical (unpaired) electrons. The molecule has 0 spiro atoms. The van der Waals surface area contributed by atoms with E-state index in [0.717, 1.165) is 41.6 Å². The van der Waals surface area contributed by atoms with Crippen molar-refractivity contribution in [2.24, 2.45) is 5.92 Å². The summed E-state index contributed by atoms with van der Waals surface area (Å²) in [6.07, 6.45) is 3.52. The predicted octanol–water partition coefficient (Wildman–Crippen LogP) is 4.40. The lowest BCUT2D eigenvalue weighted by molar-refractivity contribution is -0.116. The monoisotopic (exact) mass is 428 g/mol. The van der Waals surface area contributed by atoms with Crippen LogP contribution in [0, 0.1) is 12.8 Å². The summed E-state index contributed by atoms with van der Waals surface area (Å²) in [6.45, 7) is 10.1. The molecule has 1 saturated heterocycles. The Kier molecular flexibility index (Phi) is 7.48. The molecule has 2 aromatic rings. The third kappa shape index (κ3) is 6.05. The van der Waals surface area contributed by atoms with Crippen LogP contribution in [0.3, 0.4) is 0 Å². The van der Waals surface area contributed by atoms with E-state index in [4.69, 9.17) is 0 Å². The van der Waals surface area contributed by atoms with E-state index in [9.17, 15) is 9.59 Å². The van der Waals surface area contributed by atoms with Gasteiger partial charge in [-0.3, -0.25) is 9.59 Å². The lowest BCUT2D eigenvalue weighted by Crippen LogP contribution is -2.35. The number of nitrogens with one attached hydrogen (secondary N) is 2. The number of nitrogens with zero attached hydrogens (tertiary/aromatic N) is 2. The fraction of sp³-hybridized carbons (Fsp3) is 0.522. The van der Waals surface area contributed by atoms with Crippen LogP contribution in [0.4, 0.5) is 11.4 Å². The van der Waals surface area contributed by atoms with Crippen LogP contribution < -0.4 is 15.5 Å². The minimum atomic E-state index is -0.269. The van der Waals surface area contributed by atoms with E-state index >= 15 is 0 Å². The van der Waals surface area contributed by atoms with Crippen molar-refractivity contribution in [1.29, 1.82) is 0 Å². The molecule has 3 rings (SSSR count). The fourth-order valence-corrected chi connectivity index (χ4v) is 4.87. The highest BCUT2D eigenvalue weighted by Gasteiger charge is 2.19. The first kappa shape index (κ1) is 22.3. The van der Waals surface area contributed by atoms with Gasteiger partial charge < -0.3 is 15.5 Å². The van der Waals surface area contributed by atoms with Gasteiger partial charge in [0.1, 0.15) is 4.88 Å². The number of aryl methyl sites for hydroxylation is 1. The summed E-state index contributed by atoms with van der Waals surface area (Å²) in [5.74, 6) is 0.234. The predicted molar refractivity (Wildman–Crippen MR) is 123 cm³/mol. The van der Waals surface area contributed by atoms with Crippen LogP contribution in [0.15, 0.2) is 24.3 Å². The SMILES string of the molecule is Cc1nc(CC(C)C)sc1C(=O)NC(C)CC(=O)Nc1cccc(N2CCCC2)c1. The molecule has 1 aliphatic heterocycles. The number of rotatable bonds is 8. The molecule has 30 heavy (non-hydrogen) atoms. The van der Waals surface area contributed by atoms with Crippen molar-refractivity contribution in [3.63, 3.8) is 0 Å². The molecular weight excluding hydrogens is 396 g/mol. The van der Waals surface area contributed by atoms with Crippen molar-refractivity contribution in [1.82, 2.24) is 10.3 Å². The molecule has 0 saturated carbocycles. The zero-order valence-electron chi connectivity index (χ0n) is 18.3. The van der Waals surface area contributed by atoms with Crippen LogP contribution in [0.2, 0.25) is 0 Å². The number of aromatic nitrogens is 1. The second-order valence-corrected chi connectivity index (χ2v) is 9.58. The quantitative estimate of drug-likeness (QED) is 0.654. The van der Waals surface area contributed by atoms with Crippen LogP contribution in [0.1, 0.15) is 60.4 Å². The normalized spacial score (nSPS) is 14.8. The average Bonchev–Trinajstić information content (AvgIpc) is 3.31. The average molecular weight is 429 g/mol. The molecule has 7 heteroatoms. The molecule has 1 aromatic heterocycles. The number of benzene rings is 1. The highest BCUT2D eigenvalue weighted by atomic mass is 32.1. The van der Waals surface area contributed by atoms with Gasteiger partial charge in [0.15, 0.2) is 0 Å². The first-order chi connectivity index (χ1) is 14.3. The second kappa shape index (κ2) is 10.1. The smallest absolute Gasteiger partial charge is 0.263 e. The Morgan fingerprint density at radius 1 is 1.20 bits per heavy atom. The Morgan fingerprint density at radius 2 is 1.93 bits per heavy atom. The van der Waals surface area contributed by atoms with E-state index in [-0.39, 0.29) is 24.3 Å². The molecule has 1 fully saturated rings. The first-order valence-electron chi connectivity index (χ1n) is 10.7. The summed E-state index contributed by atoms with van der Waals surface area (Å²) in [4.78, 5) is 32.6. The zero-order valence-corrected chi connectivity index (χ0v) is 19.1. The lowest BCUT2D eigenvalue weighted by atomic mass is 10.1. The molecule has 0 bridgehead atoms. The van der Waals surface area contributed by atoms with Crippen molar-refractivity contribution in [2.75, 3.05) is 23.3 Å². The van der Waals surface area contributed by atoms with Crippen LogP contribution in [-0.4, -0.2) is 35.9 Å². The third-order valence-electron chi connectivity index (χ3n) is 5.10. The highest BCUT2D eigenvalue weighted by molar-refractivity contribution is 7.13. The number of hydrogen-bond donors (Lipinski definition) is 2. The Labute approximate surface area is 183 Å². The molecule has 1 aliphatic rings. The number of anilines is 2. The highest BCUT2D eigenvalue weighted by Crippen LogP contribution is 2.24. The van der Waals surface area contributed by atoms with Crippen molar-refractivity contribution < 1.29 is 9.59 Å². The van der Waals surface area contributed by atoms with Gasteiger partial charge in [0.2, 0.25) is 5.91 Å². The number of amides is 2. The summed E-state index contributed by atoms with van der Waals surface area (Å²) in [7, 11) is 0. The van der Waals surface area contributed by atoms with Gasteiger partial charge in [-0.15, -0.1) is 11.3 Å². The lowest BCUT2D eigenvalue weighted by Gasteiger charge is -2.19. The van der Waals surface area contributed by atoms with Gasteiger partial charge in [0.25, 0.3) is 5.91 Å². The largest absolute Gasteiger partial charge is 0.371 e. The molecule has 2 amide bonds. The van der Waals surface area contributed by atoms with E-state index in [1.54, 1.807) is 0 Å². The van der Waals surface area contributed by atoms with Crippen molar-refractivity contribution in [3.8, 4) is 0 Å². The summed E-state index contributed by atoms with van der Waals surface area (Å²) in [6, 6.07) is 7.69. The third-order valence-corrected chi connectivity index (χ3v) is 6.28. The number of thiazole rings is 1. The Hall–Kier alpha value is -2.41. The van der Waals surface area contributed by atoms with Crippen molar-refractivity contribution >= 4 is 34.5 Å². The van der Waals surface area contributed by atoms with Crippen molar-refractivity contribution in [3.05, 3.63) is 39.8 Å². The number of carbonyl (C=O) groups excluding carboxylic acids is 2. The molecular formula is C23H32N4O2S. The van der Waals surface area contributed by atoms with Gasteiger partial charge >= 0.3 is 0 Å². The van der Waals surface area contributed by atoms with Crippen LogP contribution in [0.25, 0.3) is 0 Å². The van der Waals surface area contributed by atoms with Crippen LogP contribution >= 0.6 is 11.3 Å². The summed E-state index contributed by atoms with van der Waals surface area (Å²) in [5.41, 5.74) is 2.69. The van der Waals surface area contributed by atoms with Gasteiger partial charge in [0.05, 0.1) is 10.7 Å². The number of hydrogen-bond acceptors (Lipinski definition) is 5. The van der Waals surface area contributed by atoms with E-state index < -0.39 is 0 Å². The summed E-state index contributed by atoms with van der Waals surface area (Å²) >= 11 is 1.44. The maximum absolute atomic E-state index is 12.6. The molecule has 2 heterocycles. The number of carbonyl (C=O) groups is 2. The molecule has 0 aliphatic carbocycles. The Morgan fingerprint density at radius 3 is 2.63 bits per heavy atom. The molecule has 1 unspecified atom stereocenters. The first-order valence-corrected chi connectivity index (χ1v) is 11.6. The molecule has 162 valence electrons. The van der Waals surface area contributed by atoms with Gasteiger partial charge in [0, 0.05) is 43.3 Å². The van der Waals surface area contributed by atoms with Gasteiger partial charge in [-0.1, -0.05) is 19.9 Å². The second-order valence-electron chi connectivity index (χ2n) is 8.49. The maximum atomic E-state index is 12.6. The van der Waals surface area contributed by atoms with E-state index in [1.165, 1.54) is 24.2 Å². The topological polar surface area (TPSA) is 74.3 Å². The minimum Gasteiger partial charge on any atom is -0.371 e. The standard InChI is InChI=1S/C23H32N4O2S/c1-15(2)12-21-25-17(4)22(30-21)23(29)24-16(3)13-20(28)26-18-8-7-9-19(14-18)27-10-5-6-11-27/h7-9,14-16H,5-6,10-13H2,1-4H3,(H,24,29)(H,26,28). The summed E-state index contributed by atoms with van der Waals surface area (Å²) < 4.78 is 0. The molecule has 1 aromatic carbocycles. The Balaban J connectivity index is 1.53.